The summed E-state index contributed by atoms with van der Waals surface area (Å²) < 4.78 is 12.8. The highest BCUT2D eigenvalue weighted by atomic mass is 35.5. The van der Waals surface area contributed by atoms with Gasteiger partial charge in [-0.3, -0.25) is 0 Å². The Bertz CT molecular complexity index is 375. The number of rotatable bonds is 3. The molecule has 0 radical (unpaired) electrons. The smallest absolute Gasteiger partial charge is 0.123 e. The molecule has 1 fully saturated rings. The van der Waals surface area contributed by atoms with Crippen molar-refractivity contribution in [2.75, 3.05) is 19.6 Å². The average Bonchev–Trinajstić information content (AvgIpc) is 2.50. The molecule has 0 spiro atoms. The molecule has 1 saturated heterocycles. The molecule has 0 unspecified atom stereocenters. The first-order chi connectivity index (χ1) is 8.55. The zero-order chi connectivity index (χ0) is 13.0. The average molecular weight is 286 g/mol. The van der Waals surface area contributed by atoms with Gasteiger partial charge >= 0.3 is 0 Å². The van der Waals surface area contributed by atoms with E-state index < -0.39 is 0 Å². The van der Waals surface area contributed by atoms with Crippen LogP contribution in [0.5, 0.6) is 0 Å². The van der Waals surface area contributed by atoms with Crippen LogP contribution in [-0.2, 0) is 6.42 Å². The number of benzene rings is 1. The maximum absolute atomic E-state index is 12.8. The van der Waals surface area contributed by atoms with Gasteiger partial charge < -0.3 is 4.90 Å². The first-order valence-electron chi connectivity index (χ1n) is 7.02. The van der Waals surface area contributed by atoms with Crippen molar-refractivity contribution in [1.82, 2.24) is 4.90 Å². The lowest BCUT2D eigenvalue weighted by atomic mass is 9.85. The second-order valence-corrected chi connectivity index (χ2v) is 6.24. The van der Waals surface area contributed by atoms with Crippen LogP contribution in [-0.4, -0.2) is 24.5 Å². The van der Waals surface area contributed by atoms with Crippen LogP contribution < -0.4 is 0 Å². The minimum atomic E-state index is -0.143. The molecule has 1 nitrogen and oxygen atoms in total. The molecular weight excluding hydrogens is 261 g/mol. The van der Waals surface area contributed by atoms with E-state index in [0.29, 0.717) is 5.41 Å². The summed E-state index contributed by atoms with van der Waals surface area (Å²) in [4.78, 5) is 2.55. The topological polar surface area (TPSA) is 3.24 Å². The van der Waals surface area contributed by atoms with Crippen LogP contribution in [0, 0.1) is 11.2 Å². The summed E-state index contributed by atoms with van der Waals surface area (Å²) in [6.45, 7) is 8.26. The van der Waals surface area contributed by atoms with Gasteiger partial charge in [-0.2, -0.15) is 0 Å². The SMILES string of the molecule is CC1(C)CCCN(CCc2ccc(F)cc2)CC1.Cl. The van der Waals surface area contributed by atoms with Crippen LogP contribution in [0.1, 0.15) is 38.7 Å². The van der Waals surface area contributed by atoms with Crippen molar-refractivity contribution in [2.45, 2.75) is 39.5 Å². The number of halogens is 2. The Balaban J connectivity index is 0.00000180. The van der Waals surface area contributed by atoms with Crippen LogP contribution in [0.3, 0.4) is 0 Å². The molecule has 2 rings (SSSR count). The van der Waals surface area contributed by atoms with Crippen LogP contribution in [0.2, 0.25) is 0 Å². The molecule has 1 aromatic rings. The van der Waals surface area contributed by atoms with Crippen molar-refractivity contribution in [3.63, 3.8) is 0 Å². The third-order valence-corrected chi connectivity index (χ3v) is 4.06. The minimum absolute atomic E-state index is 0. The highest BCUT2D eigenvalue weighted by molar-refractivity contribution is 5.85. The molecule has 3 heteroatoms. The van der Waals surface area contributed by atoms with Crippen LogP contribution in [0.4, 0.5) is 4.39 Å². The lowest BCUT2D eigenvalue weighted by Crippen LogP contribution is -2.27. The predicted octanol–water partition coefficient (Wildman–Crippen LogP) is 4.30. The fourth-order valence-electron chi connectivity index (χ4n) is 2.64. The monoisotopic (exact) mass is 285 g/mol. The summed E-state index contributed by atoms with van der Waals surface area (Å²) in [5.74, 6) is -0.143. The Morgan fingerprint density at radius 1 is 1.11 bits per heavy atom. The van der Waals surface area contributed by atoms with Crippen LogP contribution >= 0.6 is 12.4 Å². The highest BCUT2D eigenvalue weighted by Gasteiger charge is 2.22. The molecule has 1 aliphatic rings. The Labute approximate surface area is 122 Å². The van der Waals surface area contributed by atoms with Gasteiger partial charge in [-0.25, -0.2) is 4.39 Å². The van der Waals surface area contributed by atoms with Crippen LogP contribution in [0.15, 0.2) is 24.3 Å². The van der Waals surface area contributed by atoms with Gasteiger partial charge in [-0.15, -0.1) is 12.4 Å². The molecule has 0 bridgehead atoms. The van der Waals surface area contributed by atoms with E-state index in [1.165, 1.54) is 37.9 Å². The summed E-state index contributed by atoms with van der Waals surface area (Å²) in [7, 11) is 0. The van der Waals surface area contributed by atoms with E-state index in [1.807, 2.05) is 12.1 Å². The van der Waals surface area contributed by atoms with Crippen molar-refractivity contribution in [2.24, 2.45) is 5.41 Å². The number of hydrogen-bond donors (Lipinski definition) is 0. The predicted molar refractivity (Wildman–Crippen MR) is 81.4 cm³/mol. The van der Waals surface area contributed by atoms with Crippen molar-refractivity contribution < 1.29 is 4.39 Å². The normalized spacial score (nSPS) is 19.5. The second kappa shape index (κ2) is 7.25. The molecule has 108 valence electrons. The maximum atomic E-state index is 12.8. The molecule has 1 aromatic carbocycles. The summed E-state index contributed by atoms with van der Waals surface area (Å²) in [5.41, 5.74) is 1.74. The molecule has 0 N–H and O–H groups in total. The lowest BCUT2D eigenvalue weighted by Gasteiger charge is -2.23. The number of nitrogens with zero attached hydrogens (tertiary/aromatic N) is 1. The van der Waals surface area contributed by atoms with Gasteiger partial charge in [-0.05, 0) is 61.9 Å². The Morgan fingerprint density at radius 2 is 1.79 bits per heavy atom. The van der Waals surface area contributed by atoms with Crippen molar-refractivity contribution in [3.05, 3.63) is 35.6 Å². The lowest BCUT2D eigenvalue weighted by molar-refractivity contribution is 0.265. The van der Waals surface area contributed by atoms with E-state index in [0.717, 1.165) is 13.0 Å². The first kappa shape index (κ1) is 16.5. The second-order valence-electron chi connectivity index (χ2n) is 6.24. The van der Waals surface area contributed by atoms with Gasteiger partial charge in [0.2, 0.25) is 0 Å². The minimum Gasteiger partial charge on any atom is -0.303 e. The number of likely N-dealkylation sites (tertiary alicyclic amines) is 1. The van der Waals surface area contributed by atoms with Crippen molar-refractivity contribution >= 4 is 12.4 Å². The van der Waals surface area contributed by atoms with Gasteiger partial charge in [0.25, 0.3) is 0 Å². The molecule has 0 amide bonds. The molecule has 0 aromatic heterocycles. The zero-order valence-corrected chi connectivity index (χ0v) is 12.8. The highest BCUT2D eigenvalue weighted by Crippen LogP contribution is 2.29. The van der Waals surface area contributed by atoms with E-state index in [9.17, 15) is 4.39 Å². The van der Waals surface area contributed by atoms with E-state index in [2.05, 4.69) is 18.7 Å². The third kappa shape index (κ3) is 5.50. The standard InChI is InChI=1S/C16H24FN.ClH/c1-16(2)9-3-11-18(13-10-16)12-8-14-4-6-15(17)7-5-14;/h4-7H,3,8-13H2,1-2H3;1H. The van der Waals surface area contributed by atoms with E-state index in [-0.39, 0.29) is 18.2 Å². The van der Waals surface area contributed by atoms with Crippen molar-refractivity contribution in [3.8, 4) is 0 Å². The van der Waals surface area contributed by atoms with E-state index in [4.69, 9.17) is 0 Å². The quantitative estimate of drug-likeness (QED) is 0.800. The Kier molecular flexibility index (Phi) is 6.28. The van der Waals surface area contributed by atoms with Gasteiger partial charge in [0.05, 0.1) is 0 Å². The summed E-state index contributed by atoms with van der Waals surface area (Å²) in [5, 5.41) is 0. The molecule has 1 aliphatic heterocycles. The molecule has 0 atom stereocenters. The molecular formula is C16H25ClFN. The third-order valence-electron chi connectivity index (χ3n) is 4.06. The van der Waals surface area contributed by atoms with E-state index >= 15 is 0 Å². The fraction of sp³-hybridized carbons (Fsp3) is 0.625. The first-order valence-corrected chi connectivity index (χ1v) is 7.02. The van der Waals surface area contributed by atoms with Gasteiger partial charge in [0, 0.05) is 6.54 Å². The van der Waals surface area contributed by atoms with E-state index in [1.54, 1.807) is 12.1 Å². The number of hydrogen-bond acceptors (Lipinski definition) is 1. The van der Waals surface area contributed by atoms with Gasteiger partial charge in [-0.1, -0.05) is 26.0 Å². The van der Waals surface area contributed by atoms with Crippen LogP contribution in [0.25, 0.3) is 0 Å². The molecule has 19 heavy (non-hydrogen) atoms. The molecule has 0 aliphatic carbocycles. The largest absolute Gasteiger partial charge is 0.303 e. The summed E-state index contributed by atoms with van der Waals surface area (Å²) in [6.07, 6.45) is 4.95. The van der Waals surface area contributed by atoms with Crippen molar-refractivity contribution in [1.29, 1.82) is 0 Å². The Hall–Kier alpha value is -0.600. The van der Waals surface area contributed by atoms with Gasteiger partial charge in [0.15, 0.2) is 0 Å². The summed E-state index contributed by atoms with van der Waals surface area (Å²) in [6, 6.07) is 6.91. The molecule has 1 heterocycles. The maximum Gasteiger partial charge on any atom is 0.123 e. The van der Waals surface area contributed by atoms with Gasteiger partial charge in [0.1, 0.15) is 5.82 Å². The fourth-order valence-corrected chi connectivity index (χ4v) is 2.64. The summed E-state index contributed by atoms with van der Waals surface area (Å²) >= 11 is 0. The zero-order valence-electron chi connectivity index (χ0n) is 12.0. The Morgan fingerprint density at radius 3 is 2.47 bits per heavy atom. The molecule has 0 saturated carbocycles.